The van der Waals surface area contributed by atoms with E-state index in [1.54, 1.807) is 18.4 Å². The number of thiazole rings is 1. The Hall–Kier alpha value is -1.79. The molecule has 3 rings (SSSR count). The number of halogens is 1. The van der Waals surface area contributed by atoms with Crippen molar-refractivity contribution < 1.29 is 13.0 Å². The van der Waals surface area contributed by atoms with Crippen LogP contribution < -0.4 is 0 Å². The molecule has 0 radical (unpaired) electrons. The second-order valence-electron chi connectivity index (χ2n) is 4.84. The lowest BCUT2D eigenvalue weighted by Gasteiger charge is -2.10. The number of rotatable bonds is 5. The van der Waals surface area contributed by atoms with Crippen molar-refractivity contribution in [3.8, 4) is 10.8 Å². The molecule has 0 aliphatic carbocycles. The topological polar surface area (TPSA) is 43.1 Å². The van der Waals surface area contributed by atoms with Gasteiger partial charge in [-0.05, 0) is 36.8 Å². The lowest BCUT2D eigenvalue weighted by atomic mass is 10.2. The molecule has 0 aliphatic rings. The molecule has 22 heavy (non-hydrogen) atoms. The van der Waals surface area contributed by atoms with Gasteiger partial charge in [-0.3, -0.25) is 4.21 Å². The van der Waals surface area contributed by atoms with Crippen LogP contribution in [0.25, 0.3) is 10.8 Å². The molecule has 0 N–H and O–H groups in total. The van der Waals surface area contributed by atoms with Gasteiger partial charge < -0.3 is 4.42 Å². The number of hydrogen-bond acceptors (Lipinski definition) is 4. The van der Waals surface area contributed by atoms with Gasteiger partial charge in [0.25, 0.3) is 0 Å². The zero-order chi connectivity index (χ0) is 15.5. The van der Waals surface area contributed by atoms with Crippen molar-refractivity contribution in [3.63, 3.8) is 0 Å². The Labute approximate surface area is 134 Å². The molecule has 3 aromatic rings. The summed E-state index contributed by atoms with van der Waals surface area (Å²) in [5.41, 5.74) is 1.64. The Bertz CT molecular complexity index is 766. The van der Waals surface area contributed by atoms with Gasteiger partial charge in [0.05, 0.1) is 23.0 Å². The fraction of sp³-hybridized carbons (Fsp3) is 0.188. The van der Waals surface area contributed by atoms with Crippen molar-refractivity contribution in [1.29, 1.82) is 0 Å². The number of aromatic nitrogens is 1. The standard InChI is InChI=1S/C16H14FNO2S2/c1-11(12-4-6-13(17)7-5-12)22(19)10-14-9-21-16(18-14)15-3-2-8-20-15/h2-9,11H,10H2,1H3. The Balaban J connectivity index is 1.70. The van der Waals surface area contributed by atoms with Crippen molar-refractivity contribution in [1.82, 2.24) is 4.98 Å². The van der Waals surface area contributed by atoms with Crippen LogP contribution in [0.1, 0.15) is 23.4 Å². The molecule has 3 nitrogen and oxygen atoms in total. The van der Waals surface area contributed by atoms with Crippen LogP contribution >= 0.6 is 11.3 Å². The van der Waals surface area contributed by atoms with Crippen LogP contribution in [0, 0.1) is 5.82 Å². The number of benzene rings is 1. The second kappa shape index (κ2) is 6.54. The molecular formula is C16H14FNO2S2. The van der Waals surface area contributed by atoms with E-state index in [2.05, 4.69) is 4.98 Å². The zero-order valence-corrected chi connectivity index (χ0v) is 13.5. The Kier molecular flexibility index (Phi) is 4.49. The van der Waals surface area contributed by atoms with Crippen molar-refractivity contribution in [2.45, 2.75) is 17.9 Å². The Morgan fingerprint density at radius 2 is 2.09 bits per heavy atom. The van der Waals surface area contributed by atoms with E-state index in [9.17, 15) is 8.60 Å². The van der Waals surface area contributed by atoms with Crippen LogP contribution in [-0.4, -0.2) is 9.19 Å². The van der Waals surface area contributed by atoms with Gasteiger partial charge >= 0.3 is 0 Å². The average molecular weight is 335 g/mol. The van der Waals surface area contributed by atoms with Crippen molar-refractivity contribution in [2.75, 3.05) is 0 Å². The highest BCUT2D eigenvalue weighted by Crippen LogP contribution is 2.27. The minimum atomic E-state index is -1.12. The Morgan fingerprint density at radius 3 is 2.77 bits per heavy atom. The highest BCUT2D eigenvalue weighted by molar-refractivity contribution is 7.84. The summed E-state index contributed by atoms with van der Waals surface area (Å²) in [7, 11) is -1.12. The maximum Gasteiger partial charge on any atom is 0.162 e. The molecule has 0 fully saturated rings. The molecule has 1 aromatic carbocycles. The first-order valence-electron chi connectivity index (χ1n) is 6.74. The van der Waals surface area contributed by atoms with Gasteiger partial charge in [0.15, 0.2) is 10.8 Å². The highest BCUT2D eigenvalue weighted by atomic mass is 32.2. The molecule has 0 bridgehead atoms. The van der Waals surface area contributed by atoms with Crippen LogP contribution in [0.2, 0.25) is 0 Å². The molecule has 0 saturated carbocycles. The smallest absolute Gasteiger partial charge is 0.162 e. The summed E-state index contributed by atoms with van der Waals surface area (Å²) < 4.78 is 30.7. The summed E-state index contributed by atoms with van der Waals surface area (Å²) in [5, 5.41) is 2.51. The van der Waals surface area contributed by atoms with Crippen LogP contribution in [0.4, 0.5) is 4.39 Å². The van der Waals surface area contributed by atoms with E-state index in [-0.39, 0.29) is 11.1 Å². The number of furan rings is 1. The lowest BCUT2D eigenvalue weighted by Crippen LogP contribution is -2.05. The molecule has 0 saturated heterocycles. The number of nitrogens with zero attached hydrogens (tertiary/aromatic N) is 1. The molecule has 114 valence electrons. The van der Waals surface area contributed by atoms with Crippen LogP contribution in [0.3, 0.4) is 0 Å². The van der Waals surface area contributed by atoms with Gasteiger partial charge in [0.2, 0.25) is 0 Å². The third kappa shape index (κ3) is 3.34. The minimum Gasteiger partial charge on any atom is -0.462 e. The number of hydrogen-bond donors (Lipinski definition) is 0. The predicted molar refractivity (Wildman–Crippen MR) is 86.5 cm³/mol. The van der Waals surface area contributed by atoms with E-state index in [0.29, 0.717) is 11.5 Å². The highest BCUT2D eigenvalue weighted by Gasteiger charge is 2.16. The molecule has 2 aromatic heterocycles. The maximum atomic E-state index is 12.9. The van der Waals surface area contributed by atoms with Gasteiger partial charge in [-0.15, -0.1) is 11.3 Å². The van der Waals surface area contributed by atoms with Gasteiger partial charge in [-0.25, -0.2) is 9.37 Å². The lowest BCUT2D eigenvalue weighted by molar-refractivity contribution is 0.581. The van der Waals surface area contributed by atoms with Crippen molar-refractivity contribution in [2.24, 2.45) is 0 Å². The Morgan fingerprint density at radius 1 is 1.32 bits per heavy atom. The van der Waals surface area contributed by atoms with E-state index >= 15 is 0 Å². The van der Waals surface area contributed by atoms with Gasteiger partial charge in [0, 0.05) is 16.2 Å². The zero-order valence-electron chi connectivity index (χ0n) is 11.9. The molecule has 6 heteroatoms. The molecule has 2 heterocycles. The summed E-state index contributed by atoms with van der Waals surface area (Å²) >= 11 is 1.47. The quantitative estimate of drug-likeness (QED) is 0.687. The van der Waals surface area contributed by atoms with E-state index in [4.69, 9.17) is 4.42 Å². The van der Waals surface area contributed by atoms with Gasteiger partial charge in [-0.2, -0.15) is 0 Å². The third-order valence-corrected chi connectivity index (χ3v) is 5.85. The summed E-state index contributed by atoms with van der Waals surface area (Å²) in [6.07, 6.45) is 1.60. The van der Waals surface area contributed by atoms with Gasteiger partial charge in [-0.1, -0.05) is 12.1 Å². The first-order valence-corrected chi connectivity index (χ1v) is 9.00. The average Bonchev–Trinajstić information content (AvgIpc) is 3.18. The predicted octanol–water partition coefficient (Wildman–Crippen LogP) is 4.55. The summed E-state index contributed by atoms with van der Waals surface area (Å²) in [6.45, 7) is 1.88. The monoisotopic (exact) mass is 335 g/mol. The molecule has 0 amide bonds. The van der Waals surface area contributed by atoms with E-state index in [0.717, 1.165) is 16.3 Å². The maximum absolute atomic E-state index is 12.9. The molecule has 0 aliphatic heterocycles. The van der Waals surface area contributed by atoms with Crippen LogP contribution in [0.15, 0.2) is 52.5 Å². The van der Waals surface area contributed by atoms with E-state index in [1.165, 1.54) is 23.5 Å². The fourth-order valence-corrected chi connectivity index (χ4v) is 4.08. The molecule has 2 atom stereocenters. The van der Waals surface area contributed by atoms with Crippen LogP contribution in [-0.2, 0) is 16.6 Å². The largest absolute Gasteiger partial charge is 0.462 e. The summed E-state index contributed by atoms with van der Waals surface area (Å²) in [5.74, 6) is 0.799. The minimum absolute atomic E-state index is 0.172. The summed E-state index contributed by atoms with van der Waals surface area (Å²) in [4.78, 5) is 4.45. The second-order valence-corrected chi connectivity index (χ2v) is 7.46. The normalized spacial score (nSPS) is 13.9. The van der Waals surface area contributed by atoms with Crippen LogP contribution in [0.5, 0.6) is 0 Å². The van der Waals surface area contributed by atoms with E-state index < -0.39 is 10.8 Å². The van der Waals surface area contributed by atoms with Crippen molar-refractivity contribution in [3.05, 3.63) is 65.1 Å². The SMILES string of the molecule is CC(c1ccc(F)cc1)S(=O)Cc1csc(-c2ccco2)n1. The molecule has 2 unspecified atom stereocenters. The summed E-state index contributed by atoms with van der Waals surface area (Å²) in [6, 6.07) is 9.79. The van der Waals surface area contributed by atoms with Crippen molar-refractivity contribution >= 4 is 22.1 Å². The van der Waals surface area contributed by atoms with E-state index in [1.807, 2.05) is 24.4 Å². The van der Waals surface area contributed by atoms with Gasteiger partial charge in [0.1, 0.15) is 5.82 Å². The first-order chi connectivity index (χ1) is 10.6. The fourth-order valence-electron chi connectivity index (χ4n) is 2.04. The third-order valence-electron chi connectivity index (χ3n) is 3.31. The first kappa shape index (κ1) is 15.1. The molecular weight excluding hydrogens is 321 g/mol. The molecule has 0 spiro atoms.